The van der Waals surface area contributed by atoms with Crippen LogP contribution in [0.5, 0.6) is 5.75 Å². The predicted octanol–water partition coefficient (Wildman–Crippen LogP) is 4.50. The van der Waals surface area contributed by atoms with Crippen molar-refractivity contribution in [3.63, 3.8) is 0 Å². The van der Waals surface area contributed by atoms with Crippen LogP contribution >= 0.6 is 0 Å². The molecule has 0 saturated heterocycles. The number of carbonyl (C=O) groups excluding carboxylic acids is 2. The molecule has 0 amide bonds. The number of carbonyl (C=O) groups is 2. The van der Waals surface area contributed by atoms with Crippen molar-refractivity contribution in [2.45, 2.75) is 40.0 Å². The highest BCUT2D eigenvalue weighted by molar-refractivity contribution is 6.02. The largest absolute Gasteiger partial charge is 0.465 e. The van der Waals surface area contributed by atoms with E-state index in [0.29, 0.717) is 31.6 Å². The van der Waals surface area contributed by atoms with Gasteiger partial charge in [-0.3, -0.25) is 9.59 Å². The average Bonchev–Trinajstić information content (AvgIpc) is 2.61. The molecule has 0 radical (unpaired) electrons. The Balaban J connectivity index is 2.32. The van der Waals surface area contributed by atoms with Gasteiger partial charge in [-0.2, -0.15) is 0 Å². The fourth-order valence-corrected chi connectivity index (χ4v) is 2.73. The van der Waals surface area contributed by atoms with E-state index >= 15 is 0 Å². The number of rotatable bonds is 7. The Hall–Kier alpha value is -2.36. The lowest BCUT2D eigenvalue weighted by molar-refractivity contribution is -0.168. The van der Waals surface area contributed by atoms with E-state index in [1.165, 1.54) is 0 Å². The van der Waals surface area contributed by atoms with E-state index in [-0.39, 0.29) is 0 Å². The fourth-order valence-electron chi connectivity index (χ4n) is 2.73. The number of hydrogen-bond donors (Lipinski definition) is 0. The summed E-state index contributed by atoms with van der Waals surface area (Å²) in [4.78, 5) is 25.3. The van der Waals surface area contributed by atoms with E-state index in [1.807, 2.05) is 43.3 Å². The van der Waals surface area contributed by atoms with Gasteiger partial charge in [0.2, 0.25) is 0 Å². The normalized spacial score (nSPS) is 11.3. The number of ether oxygens (including phenoxy) is 2. The highest BCUT2D eigenvalue weighted by atomic mass is 16.6. The SMILES string of the molecule is CCCOC(=O)C(CC)(CC)C(=O)Oc1cccc2ccccc12. The fraction of sp³-hybridized carbons (Fsp3) is 0.400. The minimum atomic E-state index is -1.26. The molecule has 0 unspecified atom stereocenters. The van der Waals surface area contributed by atoms with E-state index in [2.05, 4.69) is 0 Å². The molecule has 24 heavy (non-hydrogen) atoms. The van der Waals surface area contributed by atoms with Gasteiger partial charge in [0.05, 0.1) is 6.61 Å². The van der Waals surface area contributed by atoms with Crippen LogP contribution in [0.4, 0.5) is 0 Å². The minimum Gasteiger partial charge on any atom is -0.465 e. The van der Waals surface area contributed by atoms with E-state index < -0.39 is 17.4 Å². The van der Waals surface area contributed by atoms with Gasteiger partial charge >= 0.3 is 11.9 Å². The van der Waals surface area contributed by atoms with Crippen LogP contribution < -0.4 is 4.74 Å². The summed E-state index contributed by atoms with van der Waals surface area (Å²) in [7, 11) is 0. The molecule has 2 aromatic rings. The van der Waals surface area contributed by atoms with Crippen molar-refractivity contribution in [3.8, 4) is 5.75 Å². The Kier molecular flexibility index (Phi) is 5.96. The topological polar surface area (TPSA) is 52.6 Å². The molecule has 0 aromatic heterocycles. The highest BCUT2D eigenvalue weighted by Gasteiger charge is 2.46. The molecule has 0 heterocycles. The van der Waals surface area contributed by atoms with Gasteiger partial charge in [0.15, 0.2) is 5.41 Å². The third-order valence-electron chi connectivity index (χ3n) is 4.38. The molecule has 2 aromatic carbocycles. The molecule has 4 nitrogen and oxygen atoms in total. The molecular weight excluding hydrogens is 304 g/mol. The zero-order valence-electron chi connectivity index (χ0n) is 14.5. The zero-order chi connectivity index (χ0) is 17.6. The highest BCUT2D eigenvalue weighted by Crippen LogP contribution is 2.33. The van der Waals surface area contributed by atoms with Crippen molar-refractivity contribution >= 4 is 22.7 Å². The second-order valence-electron chi connectivity index (χ2n) is 5.79. The maximum absolute atomic E-state index is 12.8. The Morgan fingerprint density at radius 3 is 2.25 bits per heavy atom. The summed E-state index contributed by atoms with van der Waals surface area (Å²) in [5, 5.41) is 1.83. The van der Waals surface area contributed by atoms with Crippen molar-refractivity contribution < 1.29 is 19.1 Å². The summed E-state index contributed by atoms with van der Waals surface area (Å²) in [6.07, 6.45) is 1.40. The second-order valence-corrected chi connectivity index (χ2v) is 5.79. The maximum Gasteiger partial charge on any atom is 0.328 e. The first-order chi connectivity index (χ1) is 11.6. The monoisotopic (exact) mass is 328 g/mol. The van der Waals surface area contributed by atoms with Gasteiger partial charge in [0.1, 0.15) is 5.75 Å². The minimum absolute atomic E-state index is 0.308. The van der Waals surface area contributed by atoms with E-state index in [1.54, 1.807) is 19.9 Å². The van der Waals surface area contributed by atoms with Crippen LogP contribution in [0.3, 0.4) is 0 Å². The molecule has 0 aliphatic carbocycles. The lowest BCUT2D eigenvalue weighted by Crippen LogP contribution is -2.42. The molecule has 0 fully saturated rings. The molecule has 0 aliphatic heterocycles. The van der Waals surface area contributed by atoms with Crippen molar-refractivity contribution in [2.75, 3.05) is 6.61 Å². The van der Waals surface area contributed by atoms with Gasteiger partial charge in [-0.05, 0) is 30.7 Å². The number of esters is 2. The predicted molar refractivity (Wildman–Crippen MR) is 93.8 cm³/mol. The maximum atomic E-state index is 12.8. The molecule has 0 aliphatic rings. The van der Waals surface area contributed by atoms with Crippen LogP contribution in [0.25, 0.3) is 10.8 Å². The Morgan fingerprint density at radius 1 is 0.917 bits per heavy atom. The standard InChI is InChI=1S/C20H24O4/c1-4-14-23-18(21)20(5-2,6-3)19(22)24-17-13-9-11-15-10-7-8-12-16(15)17/h7-13H,4-6,14H2,1-3H3. The number of hydrogen-bond acceptors (Lipinski definition) is 4. The Labute approximate surface area is 142 Å². The van der Waals surface area contributed by atoms with Crippen LogP contribution in [0, 0.1) is 5.41 Å². The first kappa shape index (κ1) is 18.0. The van der Waals surface area contributed by atoms with E-state index in [9.17, 15) is 9.59 Å². The molecule has 0 spiro atoms. The molecule has 0 bridgehead atoms. The molecule has 0 saturated carbocycles. The van der Waals surface area contributed by atoms with Gasteiger partial charge in [-0.25, -0.2) is 0 Å². The Morgan fingerprint density at radius 2 is 1.58 bits per heavy atom. The zero-order valence-corrected chi connectivity index (χ0v) is 14.5. The summed E-state index contributed by atoms with van der Waals surface area (Å²) in [5.41, 5.74) is -1.26. The lowest BCUT2D eigenvalue weighted by atomic mass is 9.82. The quantitative estimate of drug-likeness (QED) is 0.426. The van der Waals surface area contributed by atoms with Crippen molar-refractivity contribution in [1.29, 1.82) is 0 Å². The van der Waals surface area contributed by atoms with Crippen molar-refractivity contribution in [3.05, 3.63) is 42.5 Å². The van der Waals surface area contributed by atoms with E-state index in [0.717, 1.165) is 10.8 Å². The van der Waals surface area contributed by atoms with Gasteiger partial charge in [-0.15, -0.1) is 0 Å². The summed E-state index contributed by atoms with van der Waals surface area (Å²) < 4.78 is 10.9. The van der Waals surface area contributed by atoms with Gasteiger partial charge in [-0.1, -0.05) is 57.2 Å². The third kappa shape index (κ3) is 3.42. The van der Waals surface area contributed by atoms with Gasteiger partial charge < -0.3 is 9.47 Å². The average molecular weight is 328 g/mol. The molecule has 0 N–H and O–H groups in total. The number of benzene rings is 2. The van der Waals surface area contributed by atoms with Crippen LogP contribution in [-0.2, 0) is 14.3 Å². The van der Waals surface area contributed by atoms with Crippen LogP contribution in [0.2, 0.25) is 0 Å². The van der Waals surface area contributed by atoms with Gasteiger partial charge in [0, 0.05) is 5.39 Å². The molecule has 4 heteroatoms. The summed E-state index contributed by atoms with van der Waals surface area (Å²) in [6, 6.07) is 13.2. The summed E-state index contributed by atoms with van der Waals surface area (Å²) in [6.45, 7) is 5.84. The smallest absolute Gasteiger partial charge is 0.328 e. The van der Waals surface area contributed by atoms with Crippen LogP contribution in [-0.4, -0.2) is 18.5 Å². The van der Waals surface area contributed by atoms with E-state index in [4.69, 9.17) is 9.47 Å². The third-order valence-corrected chi connectivity index (χ3v) is 4.38. The van der Waals surface area contributed by atoms with Crippen molar-refractivity contribution in [2.24, 2.45) is 5.41 Å². The molecular formula is C20H24O4. The van der Waals surface area contributed by atoms with Crippen LogP contribution in [0.15, 0.2) is 42.5 Å². The van der Waals surface area contributed by atoms with Crippen molar-refractivity contribution in [1.82, 2.24) is 0 Å². The van der Waals surface area contributed by atoms with Crippen LogP contribution in [0.1, 0.15) is 40.0 Å². The Bertz CT molecular complexity index is 711. The number of fused-ring (bicyclic) bond motifs is 1. The molecule has 128 valence electrons. The first-order valence-corrected chi connectivity index (χ1v) is 8.46. The molecule has 2 rings (SSSR count). The summed E-state index contributed by atoms with van der Waals surface area (Å²) >= 11 is 0. The van der Waals surface area contributed by atoms with Gasteiger partial charge in [0.25, 0.3) is 0 Å². The second kappa shape index (κ2) is 7.95. The molecule has 0 atom stereocenters. The lowest BCUT2D eigenvalue weighted by Gasteiger charge is -2.27. The first-order valence-electron chi connectivity index (χ1n) is 8.46. The summed E-state index contributed by atoms with van der Waals surface area (Å²) in [5.74, 6) is -0.586.